The van der Waals surface area contributed by atoms with Gasteiger partial charge in [-0.1, -0.05) is 61.5 Å². The standard InChI is InChI=1S/C27H24N4/c1-17-12-22(13-17)19-8-10-21(11-9-19)26-24(20-6-4-3-5-7-20)15-23-16-28-25-14-18(2)30-31(25)27(23)29-26/h3-11,14-17,22H,12-13H2,1-2H3. The number of fused-ring (bicyclic) bond motifs is 3. The van der Waals surface area contributed by atoms with E-state index in [0.29, 0.717) is 5.92 Å². The molecule has 5 aromatic rings. The monoisotopic (exact) mass is 404 g/mol. The van der Waals surface area contributed by atoms with Crippen molar-refractivity contribution in [1.82, 2.24) is 19.6 Å². The summed E-state index contributed by atoms with van der Waals surface area (Å²) < 4.78 is 1.85. The van der Waals surface area contributed by atoms with Crippen LogP contribution in [0.2, 0.25) is 0 Å². The highest BCUT2D eigenvalue weighted by molar-refractivity contribution is 5.90. The zero-order valence-corrected chi connectivity index (χ0v) is 17.8. The van der Waals surface area contributed by atoms with E-state index >= 15 is 0 Å². The van der Waals surface area contributed by atoms with Crippen molar-refractivity contribution < 1.29 is 0 Å². The lowest BCUT2D eigenvalue weighted by Crippen LogP contribution is -2.18. The van der Waals surface area contributed by atoms with Gasteiger partial charge in [-0.2, -0.15) is 9.61 Å². The molecule has 1 fully saturated rings. The number of hydrogen-bond donors (Lipinski definition) is 0. The molecule has 3 heterocycles. The molecule has 1 aliphatic carbocycles. The Hall–Kier alpha value is -3.53. The average molecular weight is 405 g/mol. The van der Waals surface area contributed by atoms with E-state index in [1.165, 1.54) is 18.4 Å². The Bertz CT molecular complexity index is 1390. The van der Waals surface area contributed by atoms with Crippen LogP contribution in [0.1, 0.15) is 36.9 Å². The number of hydrogen-bond acceptors (Lipinski definition) is 3. The number of rotatable bonds is 3. The quantitative estimate of drug-likeness (QED) is 0.348. The Balaban J connectivity index is 1.55. The summed E-state index contributed by atoms with van der Waals surface area (Å²) in [6, 6.07) is 23.7. The van der Waals surface area contributed by atoms with Crippen molar-refractivity contribution in [3.8, 4) is 22.4 Å². The summed E-state index contributed by atoms with van der Waals surface area (Å²) in [5.74, 6) is 1.56. The van der Waals surface area contributed by atoms with Crippen LogP contribution in [0.4, 0.5) is 0 Å². The molecule has 0 atom stereocenters. The molecule has 4 nitrogen and oxygen atoms in total. The van der Waals surface area contributed by atoms with Crippen molar-refractivity contribution in [2.24, 2.45) is 5.92 Å². The van der Waals surface area contributed by atoms with E-state index in [0.717, 1.165) is 50.7 Å². The highest BCUT2D eigenvalue weighted by Gasteiger charge is 2.26. The van der Waals surface area contributed by atoms with Crippen LogP contribution in [0.3, 0.4) is 0 Å². The molecule has 0 saturated heterocycles. The van der Waals surface area contributed by atoms with Crippen LogP contribution in [0.25, 0.3) is 39.1 Å². The Labute approximate surface area is 181 Å². The summed E-state index contributed by atoms with van der Waals surface area (Å²) in [6.45, 7) is 4.32. The maximum atomic E-state index is 5.14. The van der Waals surface area contributed by atoms with E-state index in [4.69, 9.17) is 4.98 Å². The van der Waals surface area contributed by atoms with Gasteiger partial charge in [-0.05, 0) is 48.8 Å². The molecule has 4 heteroatoms. The fourth-order valence-electron chi connectivity index (χ4n) is 4.80. The molecule has 0 spiro atoms. The third-order valence-electron chi connectivity index (χ3n) is 6.49. The van der Waals surface area contributed by atoms with Gasteiger partial charge in [0.05, 0.1) is 11.4 Å². The molecule has 1 saturated carbocycles. The van der Waals surface area contributed by atoms with Gasteiger partial charge in [-0.3, -0.25) is 0 Å². The summed E-state index contributed by atoms with van der Waals surface area (Å²) in [4.78, 5) is 9.73. The SMILES string of the molecule is Cc1cc2ncc3cc(-c4ccccc4)c(-c4ccc(C5CC(C)C5)cc4)nc3n2n1. The largest absolute Gasteiger partial charge is 0.236 e. The molecule has 0 aliphatic heterocycles. The van der Waals surface area contributed by atoms with Gasteiger partial charge < -0.3 is 0 Å². The molecular formula is C27H24N4. The van der Waals surface area contributed by atoms with Crippen molar-refractivity contribution >= 4 is 16.7 Å². The zero-order chi connectivity index (χ0) is 20.9. The summed E-state index contributed by atoms with van der Waals surface area (Å²) in [5.41, 5.74) is 8.42. The minimum Gasteiger partial charge on any atom is -0.236 e. The first-order chi connectivity index (χ1) is 15.2. The third-order valence-corrected chi connectivity index (χ3v) is 6.49. The zero-order valence-electron chi connectivity index (χ0n) is 17.8. The lowest BCUT2D eigenvalue weighted by atomic mass is 9.72. The minimum absolute atomic E-state index is 0.708. The lowest BCUT2D eigenvalue weighted by molar-refractivity contribution is 0.288. The van der Waals surface area contributed by atoms with E-state index < -0.39 is 0 Å². The van der Waals surface area contributed by atoms with Crippen LogP contribution in [0, 0.1) is 12.8 Å². The topological polar surface area (TPSA) is 43.1 Å². The first-order valence-electron chi connectivity index (χ1n) is 11.0. The molecule has 152 valence electrons. The predicted molar refractivity (Wildman–Crippen MR) is 125 cm³/mol. The van der Waals surface area contributed by atoms with Gasteiger partial charge in [0.25, 0.3) is 0 Å². The molecule has 2 aromatic carbocycles. The third kappa shape index (κ3) is 3.10. The van der Waals surface area contributed by atoms with Crippen LogP contribution in [-0.2, 0) is 0 Å². The molecule has 0 bridgehead atoms. The molecule has 0 amide bonds. The summed E-state index contributed by atoms with van der Waals surface area (Å²) in [5, 5.41) is 5.62. The van der Waals surface area contributed by atoms with Crippen LogP contribution >= 0.6 is 0 Å². The number of nitrogens with zero attached hydrogens (tertiary/aromatic N) is 4. The van der Waals surface area contributed by atoms with Gasteiger partial charge in [0, 0.05) is 28.8 Å². The summed E-state index contributed by atoms with van der Waals surface area (Å²) in [6.07, 6.45) is 4.49. The number of pyridine rings is 1. The second-order valence-corrected chi connectivity index (χ2v) is 8.87. The van der Waals surface area contributed by atoms with Crippen LogP contribution < -0.4 is 0 Å². The molecule has 0 N–H and O–H groups in total. The van der Waals surface area contributed by atoms with Crippen molar-refractivity contribution in [1.29, 1.82) is 0 Å². The second-order valence-electron chi connectivity index (χ2n) is 8.87. The molecular weight excluding hydrogens is 380 g/mol. The van der Waals surface area contributed by atoms with Crippen molar-refractivity contribution in [3.05, 3.63) is 84.2 Å². The lowest BCUT2D eigenvalue weighted by Gasteiger charge is -2.33. The maximum Gasteiger partial charge on any atom is 0.165 e. The van der Waals surface area contributed by atoms with Crippen molar-refractivity contribution in [2.45, 2.75) is 32.6 Å². The molecule has 31 heavy (non-hydrogen) atoms. The molecule has 3 aromatic heterocycles. The highest BCUT2D eigenvalue weighted by Crippen LogP contribution is 2.42. The van der Waals surface area contributed by atoms with E-state index in [-0.39, 0.29) is 0 Å². The molecule has 1 aliphatic rings. The van der Waals surface area contributed by atoms with Crippen LogP contribution in [0.5, 0.6) is 0 Å². The fourth-order valence-corrected chi connectivity index (χ4v) is 4.80. The van der Waals surface area contributed by atoms with Crippen LogP contribution in [0.15, 0.2) is 72.9 Å². The second kappa shape index (κ2) is 7.02. The van der Waals surface area contributed by atoms with E-state index in [2.05, 4.69) is 71.6 Å². The first kappa shape index (κ1) is 18.3. The number of benzene rings is 2. The minimum atomic E-state index is 0.708. The average Bonchev–Trinajstić information content (AvgIpc) is 3.17. The Morgan fingerprint density at radius 1 is 0.903 bits per heavy atom. The summed E-state index contributed by atoms with van der Waals surface area (Å²) >= 11 is 0. The highest BCUT2D eigenvalue weighted by atomic mass is 15.3. The van der Waals surface area contributed by atoms with Crippen LogP contribution in [-0.4, -0.2) is 19.6 Å². The van der Waals surface area contributed by atoms with Gasteiger partial charge in [-0.25, -0.2) is 9.97 Å². The van der Waals surface area contributed by atoms with Crippen molar-refractivity contribution in [3.63, 3.8) is 0 Å². The van der Waals surface area contributed by atoms with Crippen molar-refractivity contribution in [2.75, 3.05) is 0 Å². The Morgan fingerprint density at radius 3 is 2.42 bits per heavy atom. The van der Waals surface area contributed by atoms with Gasteiger partial charge in [0.1, 0.15) is 0 Å². The van der Waals surface area contributed by atoms with E-state index in [1.54, 1.807) is 0 Å². The fraction of sp³-hybridized carbons (Fsp3) is 0.222. The first-order valence-corrected chi connectivity index (χ1v) is 11.0. The summed E-state index contributed by atoms with van der Waals surface area (Å²) in [7, 11) is 0. The normalized spacial score (nSPS) is 18.4. The van der Waals surface area contributed by atoms with Gasteiger partial charge in [0.2, 0.25) is 0 Å². The molecule has 0 radical (unpaired) electrons. The molecule has 6 rings (SSSR count). The maximum absolute atomic E-state index is 5.14. The van der Waals surface area contributed by atoms with E-state index in [9.17, 15) is 0 Å². The van der Waals surface area contributed by atoms with Gasteiger partial charge in [-0.15, -0.1) is 0 Å². The Kier molecular flexibility index (Phi) is 4.13. The predicted octanol–water partition coefficient (Wildman–Crippen LogP) is 6.43. The van der Waals surface area contributed by atoms with Gasteiger partial charge >= 0.3 is 0 Å². The molecule has 0 unspecified atom stereocenters. The number of aryl methyl sites for hydroxylation is 1. The Morgan fingerprint density at radius 2 is 1.68 bits per heavy atom. The van der Waals surface area contributed by atoms with E-state index in [1.807, 2.05) is 29.8 Å². The van der Waals surface area contributed by atoms with Gasteiger partial charge in [0.15, 0.2) is 11.3 Å². The smallest absolute Gasteiger partial charge is 0.165 e. The number of aromatic nitrogens is 4.